The number of aromatic amines is 1. The van der Waals surface area contributed by atoms with Crippen molar-refractivity contribution in [2.24, 2.45) is 0 Å². The maximum atomic E-state index is 12.7. The Morgan fingerprint density at radius 2 is 2.12 bits per heavy atom. The fourth-order valence-corrected chi connectivity index (χ4v) is 4.93. The van der Waals surface area contributed by atoms with E-state index >= 15 is 0 Å². The van der Waals surface area contributed by atoms with Gasteiger partial charge in [-0.15, -0.1) is 5.10 Å². The minimum atomic E-state index is -0.301. The second kappa shape index (κ2) is 5.89. The van der Waals surface area contributed by atoms with Crippen molar-refractivity contribution in [2.45, 2.75) is 31.8 Å². The van der Waals surface area contributed by atoms with E-state index in [4.69, 9.17) is 4.74 Å². The highest BCUT2D eigenvalue weighted by atomic mass is 32.1. The van der Waals surface area contributed by atoms with Gasteiger partial charge in [0.15, 0.2) is 0 Å². The molecule has 4 heterocycles. The molecule has 0 bridgehead atoms. The Hall–Kier alpha value is -2.25. The summed E-state index contributed by atoms with van der Waals surface area (Å²) in [6, 6.07) is 8.46. The zero-order chi connectivity index (χ0) is 17.7. The highest BCUT2D eigenvalue weighted by molar-refractivity contribution is 7.07. The van der Waals surface area contributed by atoms with Gasteiger partial charge < -0.3 is 14.6 Å². The van der Waals surface area contributed by atoms with Crippen LogP contribution in [-0.2, 0) is 16.8 Å². The molecule has 26 heavy (non-hydrogen) atoms. The third-order valence-corrected chi connectivity index (χ3v) is 6.52. The van der Waals surface area contributed by atoms with Crippen molar-refractivity contribution in [1.29, 1.82) is 0 Å². The van der Waals surface area contributed by atoms with Crippen LogP contribution >= 0.6 is 11.5 Å². The average Bonchev–Trinajstić information content (AvgIpc) is 3.27. The molecule has 1 N–H and O–H groups in total. The Bertz CT molecular complexity index is 985. The van der Waals surface area contributed by atoms with E-state index in [1.54, 1.807) is 0 Å². The lowest BCUT2D eigenvalue weighted by molar-refractivity contribution is -0.0957. The Balaban J connectivity index is 1.43. The number of carbonyl (C=O) groups is 1. The van der Waals surface area contributed by atoms with E-state index in [1.165, 1.54) is 33.7 Å². The molecule has 2 aliphatic rings. The molecule has 0 saturated carbocycles. The topological polar surface area (TPSA) is 71.1 Å². The summed E-state index contributed by atoms with van der Waals surface area (Å²) in [7, 11) is 0. The van der Waals surface area contributed by atoms with E-state index in [9.17, 15) is 4.79 Å². The molecule has 0 radical (unpaired) electrons. The lowest BCUT2D eigenvalue weighted by Crippen LogP contribution is -2.48. The number of ether oxygens (including phenoxy) is 1. The maximum Gasteiger partial charge on any atom is 0.267 e. The molecule has 0 aliphatic carbocycles. The number of nitrogens with one attached hydrogen (secondary N) is 1. The number of amides is 1. The van der Waals surface area contributed by atoms with E-state index in [-0.39, 0.29) is 11.5 Å². The van der Waals surface area contributed by atoms with Crippen molar-refractivity contribution >= 4 is 28.3 Å². The summed E-state index contributed by atoms with van der Waals surface area (Å²) in [4.78, 5) is 18.9. The van der Waals surface area contributed by atoms with Gasteiger partial charge in [0.1, 0.15) is 10.5 Å². The fraction of sp³-hybridized carbons (Fsp3) is 0.421. The van der Waals surface area contributed by atoms with Crippen LogP contribution in [0.5, 0.6) is 0 Å². The molecule has 5 rings (SSSR count). The van der Waals surface area contributed by atoms with Gasteiger partial charge in [0.2, 0.25) is 0 Å². The standard InChI is InChI=1S/C19H20N4O2S/c1-12-16(26-22-21-12)18(24)23-9-7-19(8-10-23)17-14(6-11-25-19)13-4-2-3-5-15(13)20-17/h2-5,20H,6-11H2,1H3. The maximum absolute atomic E-state index is 12.7. The summed E-state index contributed by atoms with van der Waals surface area (Å²) in [5.74, 6) is 0.0417. The number of hydrogen-bond acceptors (Lipinski definition) is 5. The smallest absolute Gasteiger partial charge is 0.267 e. The molecule has 2 aromatic heterocycles. The molecule has 1 saturated heterocycles. The second-order valence-electron chi connectivity index (χ2n) is 7.10. The molecule has 3 aromatic rings. The Kier molecular flexibility index (Phi) is 3.62. The minimum Gasteiger partial charge on any atom is -0.368 e. The SMILES string of the molecule is Cc1nnsc1C(=O)N1CCC2(CC1)OCCc1c2[nH]c2ccccc12. The number of fused-ring (bicyclic) bond motifs is 4. The Morgan fingerprint density at radius 3 is 2.88 bits per heavy atom. The molecular formula is C19H20N4O2S. The minimum absolute atomic E-state index is 0.0417. The highest BCUT2D eigenvalue weighted by Gasteiger charge is 2.43. The molecule has 1 aromatic carbocycles. The summed E-state index contributed by atoms with van der Waals surface area (Å²) >= 11 is 1.18. The average molecular weight is 368 g/mol. The molecule has 0 atom stereocenters. The number of aryl methyl sites for hydroxylation is 1. The molecule has 7 heteroatoms. The highest BCUT2D eigenvalue weighted by Crippen LogP contribution is 2.43. The van der Waals surface area contributed by atoms with Crippen LogP contribution in [-0.4, -0.2) is 45.1 Å². The third kappa shape index (κ3) is 2.30. The molecule has 0 unspecified atom stereocenters. The van der Waals surface area contributed by atoms with E-state index in [0.717, 1.165) is 25.9 Å². The number of likely N-dealkylation sites (tertiary alicyclic amines) is 1. The molecule has 1 fully saturated rings. The predicted octanol–water partition coefficient (Wildman–Crippen LogP) is 3.03. The van der Waals surface area contributed by atoms with E-state index < -0.39 is 0 Å². The first-order valence-corrected chi connectivity index (χ1v) is 9.77. The van der Waals surface area contributed by atoms with Crippen LogP contribution in [0.15, 0.2) is 24.3 Å². The monoisotopic (exact) mass is 368 g/mol. The van der Waals surface area contributed by atoms with Crippen LogP contribution < -0.4 is 0 Å². The van der Waals surface area contributed by atoms with Crippen LogP contribution in [0.25, 0.3) is 10.9 Å². The molecule has 2 aliphatic heterocycles. The summed E-state index contributed by atoms with van der Waals surface area (Å²) in [5.41, 5.74) is 4.19. The molecular weight excluding hydrogens is 348 g/mol. The van der Waals surface area contributed by atoms with Crippen molar-refractivity contribution in [3.05, 3.63) is 46.1 Å². The second-order valence-corrected chi connectivity index (χ2v) is 7.85. The number of hydrogen-bond donors (Lipinski definition) is 1. The van der Waals surface area contributed by atoms with Crippen LogP contribution in [0, 0.1) is 6.92 Å². The van der Waals surface area contributed by atoms with Gasteiger partial charge in [0.05, 0.1) is 18.0 Å². The number of benzene rings is 1. The largest absolute Gasteiger partial charge is 0.368 e. The van der Waals surface area contributed by atoms with Crippen molar-refractivity contribution in [1.82, 2.24) is 19.5 Å². The number of piperidine rings is 1. The van der Waals surface area contributed by atoms with E-state index in [2.05, 4.69) is 38.8 Å². The van der Waals surface area contributed by atoms with Gasteiger partial charge in [0, 0.05) is 24.0 Å². The summed E-state index contributed by atoms with van der Waals surface area (Å²) in [6.45, 7) is 3.94. The van der Waals surface area contributed by atoms with Gasteiger partial charge in [-0.2, -0.15) is 0 Å². The zero-order valence-electron chi connectivity index (χ0n) is 14.6. The Morgan fingerprint density at radius 1 is 1.31 bits per heavy atom. The number of H-pyrrole nitrogens is 1. The first kappa shape index (κ1) is 16.0. The lowest BCUT2D eigenvalue weighted by Gasteiger charge is -2.43. The van der Waals surface area contributed by atoms with Crippen molar-refractivity contribution in [3.8, 4) is 0 Å². The van der Waals surface area contributed by atoms with Crippen LogP contribution in [0.3, 0.4) is 0 Å². The van der Waals surface area contributed by atoms with Crippen molar-refractivity contribution < 1.29 is 9.53 Å². The lowest BCUT2D eigenvalue weighted by atomic mass is 9.83. The molecule has 1 amide bonds. The number of nitrogens with zero attached hydrogens (tertiary/aromatic N) is 3. The van der Waals surface area contributed by atoms with Crippen molar-refractivity contribution in [2.75, 3.05) is 19.7 Å². The van der Waals surface area contributed by atoms with Gasteiger partial charge in [-0.05, 0) is 49.3 Å². The quantitative estimate of drug-likeness (QED) is 0.717. The number of aromatic nitrogens is 3. The molecule has 6 nitrogen and oxygen atoms in total. The first-order valence-electron chi connectivity index (χ1n) is 9.00. The summed E-state index contributed by atoms with van der Waals surface area (Å²) in [6.07, 6.45) is 2.56. The third-order valence-electron chi connectivity index (χ3n) is 5.70. The normalized spacial score (nSPS) is 19.0. The summed E-state index contributed by atoms with van der Waals surface area (Å²) in [5, 5.41) is 5.26. The van der Waals surface area contributed by atoms with Gasteiger partial charge in [-0.25, -0.2) is 0 Å². The predicted molar refractivity (Wildman–Crippen MR) is 99.4 cm³/mol. The molecule has 134 valence electrons. The van der Waals surface area contributed by atoms with E-state index in [0.29, 0.717) is 23.7 Å². The number of rotatable bonds is 1. The van der Waals surface area contributed by atoms with E-state index in [1.807, 2.05) is 11.8 Å². The van der Waals surface area contributed by atoms with Crippen LogP contribution in [0.2, 0.25) is 0 Å². The van der Waals surface area contributed by atoms with Gasteiger partial charge in [0.25, 0.3) is 5.91 Å². The van der Waals surface area contributed by atoms with Crippen LogP contribution in [0.4, 0.5) is 0 Å². The Labute approximate surface area is 155 Å². The zero-order valence-corrected chi connectivity index (χ0v) is 15.4. The number of carbonyl (C=O) groups excluding carboxylic acids is 1. The van der Waals surface area contributed by atoms with Crippen molar-refractivity contribution in [3.63, 3.8) is 0 Å². The van der Waals surface area contributed by atoms with Gasteiger partial charge in [-0.3, -0.25) is 4.79 Å². The van der Waals surface area contributed by atoms with Gasteiger partial charge in [-0.1, -0.05) is 22.7 Å². The number of para-hydroxylation sites is 1. The molecule has 1 spiro atoms. The fourth-order valence-electron chi connectivity index (χ4n) is 4.31. The van der Waals surface area contributed by atoms with Crippen LogP contribution in [0.1, 0.15) is 39.5 Å². The first-order chi connectivity index (χ1) is 12.7. The summed E-state index contributed by atoms with van der Waals surface area (Å²) < 4.78 is 10.2. The van der Waals surface area contributed by atoms with Gasteiger partial charge >= 0.3 is 0 Å².